The highest BCUT2D eigenvalue weighted by Crippen LogP contribution is 2.18. The van der Waals surface area contributed by atoms with Gasteiger partial charge in [0.05, 0.1) is 5.52 Å². The summed E-state index contributed by atoms with van der Waals surface area (Å²) in [5, 5.41) is 3.36. The van der Waals surface area contributed by atoms with E-state index in [-0.39, 0.29) is 5.56 Å². The summed E-state index contributed by atoms with van der Waals surface area (Å²) >= 11 is 0. The molecule has 4 rings (SSSR count). The van der Waals surface area contributed by atoms with Crippen LogP contribution in [0.3, 0.4) is 0 Å². The molecule has 0 aliphatic carbocycles. The molecule has 0 saturated heterocycles. The minimum Gasteiger partial charge on any atom is -0.322 e. The first kappa shape index (κ1) is 12.8. The Morgan fingerprint density at radius 2 is 1.77 bits per heavy atom. The lowest BCUT2D eigenvalue weighted by atomic mass is 10.0. The van der Waals surface area contributed by atoms with Crippen molar-refractivity contribution < 1.29 is 0 Å². The van der Waals surface area contributed by atoms with Gasteiger partial charge in [0.2, 0.25) is 0 Å². The average molecular weight is 286 g/mol. The fourth-order valence-corrected chi connectivity index (χ4v) is 2.79. The van der Waals surface area contributed by atoms with Gasteiger partial charge in [0.25, 0.3) is 5.56 Å². The van der Waals surface area contributed by atoms with Crippen molar-refractivity contribution in [2.75, 3.05) is 0 Å². The standard InChI is InChI=1S/C19H14N2O/c22-19-16(11-17-12-20-8-7-18(17)21-19)10-13-5-6-14-3-1-2-4-15(14)9-13/h1-9,11-12H,10H2,(H,21,22). The molecule has 0 spiro atoms. The zero-order chi connectivity index (χ0) is 14.9. The number of H-pyrrole nitrogens is 1. The van der Waals surface area contributed by atoms with Crippen molar-refractivity contribution in [1.29, 1.82) is 0 Å². The van der Waals surface area contributed by atoms with Crippen LogP contribution in [0.4, 0.5) is 0 Å². The molecule has 3 nitrogen and oxygen atoms in total. The van der Waals surface area contributed by atoms with Gasteiger partial charge in [-0.25, -0.2) is 0 Å². The molecular formula is C19H14N2O. The van der Waals surface area contributed by atoms with E-state index in [1.54, 1.807) is 12.4 Å². The number of benzene rings is 2. The Kier molecular flexibility index (Phi) is 2.97. The normalized spacial score (nSPS) is 11.1. The minimum atomic E-state index is -0.0353. The molecule has 106 valence electrons. The Labute approximate surface area is 127 Å². The van der Waals surface area contributed by atoms with Gasteiger partial charge in [-0.3, -0.25) is 9.78 Å². The lowest BCUT2D eigenvalue weighted by Crippen LogP contribution is -2.12. The molecule has 0 aliphatic heterocycles. The number of aromatic nitrogens is 2. The highest BCUT2D eigenvalue weighted by molar-refractivity contribution is 5.83. The average Bonchev–Trinajstić information content (AvgIpc) is 2.55. The molecule has 0 aliphatic rings. The van der Waals surface area contributed by atoms with Crippen LogP contribution in [0.25, 0.3) is 21.7 Å². The Hall–Kier alpha value is -2.94. The number of nitrogens with zero attached hydrogens (tertiary/aromatic N) is 1. The summed E-state index contributed by atoms with van der Waals surface area (Å²) in [6.45, 7) is 0. The zero-order valence-corrected chi connectivity index (χ0v) is 11.9. The Balaban J connectivity index is 1.78. The molecule has 0 atom stereocenters. The number of hydrogen-bond donors (Lipinski definition) is 1. The molecule has 0 fully saturated rings. The van der Waals surface area contributed by atoms with E-state index in [9.17, 15) is 4.79 Å². The molecule has 2 aromatic heterocycles. The maximum absolute atomic E-state index is 12.2. The summed E-state index contributed by atoms with van der Waals surface area (Å²) in [6.07, 6.45) is 4.07. The first-order chi connectivity index (χ1) is 10.8. The SMILES string of the molecule is O=c1[nH]c2ccncc2cc1Cc1ccc2ccccc2c1. The third-order valence-corrected chi connectivity index (χ3v) is 3.93. The minimum absolute atomic E-state index is 0.0353. The van der Waals surface area contributed by atoms with Crippen LogP contribution in [0.1, 0.15) is 11.1 Å². The third-order valence-electron chi connectivity index (χ3n) is 3.93. The molecular weight excluding hydrogens is 272 g/mol. The van der Waals surface area contributed by atoms with Crippen molar-refractivity contribution in [2.24, 2.45) is 0 Å². The lowest BCUT2D eigenvalue weighted by Gasteiger charge is -2.05. The molecule has 1 N–H and O–H groups in total. The number of hydrogen-bond acceptors (Lipinski definition) is 2. The Bertz CT molecular complexity index is 1030. The van der Waals surface area contributed by atoms with Gasteiger partial charge in [-0.1, -0.05) is 42.5 Å². The van der Waals surface area contributed by atoms with Gasteiger partial charge in [-0.05, 0) is 28.5 Å². The second-order valence-electron chi connectivity index (χ2n) is 5.44. The number of pyridine rings is 2. The van der Waals surface area contributed by atoms with E-state index in [1.807, 2.05) is 24.3 Å². The van der Waals surface area contributed by atoms with Gasteiger partial charge >= 0.3 is 0 Å². The van der Waals surface area contributed by atoms with Gasteiger partial charge in [0.15, 0.2) is 0 Å². The monoisotopic (exact) mass is 286 g/mol. The predicted molar refractivity (Wildman–Crippen MR) is 89.1 cm³/mol. The Morgan fingerprint density at radius 1 is 0.909 bits per heavy atom. The van der Waals surface area contributed by atoms with Crippen molar-refractivity contribution in [2.45, 2.75) is 6.42 Å². The molecule has 2 heterocycles. The molecule has 0 unspecified atom stereocenters. The van der Waals surface area contributed by atoms with E-state index >= 15 is 0 Å². The largest absolute Gasteiger partial charge is 0.322 e. The van der Waals surface area contributed by atoms with E-state index in [1.165, 1.54) is 10.8 Å². The van der Waals surface area contributed by atoms with E-state index in [4.69, 9.17) is 0 Å². The number of aromatic amines is 1. The van der Waals surface area contributed by atoms with Crippen LogP contribution in [0.5, 0.6) is 0 Å². The Morgan fingerprint density at radius 3 is 2.68 bits per heavy atom. The van der Waals surface area contributed by atoms with Crippen LogP contribution < -0.4 is 5.56 Å². The topological polar surface area (TPSA) is 45.8 Å². The molecule has 22 heavy (non-hydrogen) atoms. The lowest BCUT2D eigenvalue weighted by molar-refractivity contribution is 1.12. The number of fused-ring (bicyclic) bond motifs is 2. The highest BCUT2D eigenvalue weighted by atomic mass is 16.1. The molecule has 3 heteroatoms. The van der Waals surface area contributed by atoms with Crippen molar-refractivity contribution in [3.05, 3.63) is 88.5 Å². The quantitative estimate of drug-likeness (QED) is 0.611. The third kappa shape index (κ3) is 2.27. The molecule has 0 bridgehead atoms. The van der Waals surface area contributed by atoms with E-state index in [2.05, 4.69) is 40.3 Å². The zero-order valence-electron chi connectivity index (χ0n) is 11.9. The summed E-state index contributed by atoms with van der Waals surface area (Å²) in [7, 11) is 0. The van der Waals surface area contributed by atoms with Crippen molar-refractivity contribution in [1.82, 2.24) is 9.97 Å². The fourth-order valence-electron chi connectivity index (χ4n) is 2.79. The van der Waals surface area contributed by atoms with Gasteiger partial charge in [-0.2, -0.15) is 0 Å². The molecule has 0 saturated carbocycles. The van der Waals surface area contributed by atoms with E-state index in [0.717, 1.165) is 22.0 Å². The second kappa shape index (κ2) is 5.11. The van der Waals surface area contributed by atoms with Crippen molar-refractivity contribution in [3.63, 3.8) is 0 Å². The van der Waals surface area contributed by atoms with E-state index in [0.29, 0.717) is 6.42 Å². The van der Waals surface area contributed by atoms with Crippen molar-refractivity contribution >= 4 is 21.7 Å². The first-order valence-electron chi connectivity index (χ1n) is 7.23. The van der Waals surface area contributed by atoms with Crippen LogP contribution in [-0.2, 0) is 6.42 Å². The number of nitrogens with one attached hydrogen (secondary N) is 1. The summed E-state index contributed by atoms with van der Waals surface area (Å²) in [4.78, 5) is 19.3. The fraction of sp³-hybridized carbons (Fsp3) is 0.0526. The van der Waals surface area contributed by atoms with Gasteiger partial charge in [-0.15, -0.1) is 0 Å². The predicted octanol–water partition coefficient (Wildman–Crippen LogP) is 3.67. The van der Waals surface area contributed by atoms with Crippen LogP contribution in [-0.4, -0.2) is 9.97 Å². The molecule has 0 radical (unpaired) electrons. The van der Waals surface area contributed by atoms with Crippen LogP contribution in [0.2, 0.25) is 0 Å². The van der Waals surface area contributed by atoms with Crippen LogP contribution >= 0.6 is 0 Å². The maximum Gasteiger partial charge on any atom is 0.251 e. The smallest absolute Gasteiger partial charge is 0.251 e. The van der Waals surface area contributed by atoms with Gasteiger partial charge in [0, 0.05) is 29.8 Å². The maximum atomic E-state index is 12.2. The highest BCUT2D eigenvalue weighted by Gasteiger charge is 2.05. The van der Waals surface area contributed by atoms with Crippen LogP contribution in [0.15, 0.2) is 71.8 Å². The summed E-state index contributed by atoms with van der Waals surface area (Å²) in [5.41, 5.74) is 2.68. The second-order valence-corrected chi connectivity index (χ2v) is 5.44. The molecule has 2 aromatic carbocycles. The van der Waals surface area contributed by atoms with Crippen LogP contribution in [0, 0.1) is 0 Å². The van der Waals surface area contributed by atoms with Crippen molar-refractivity contribution in [3.8, 4) is 0 Å². The summed E-state index contributed by atoms with van der Waals surface area (Å²) in [5.74, 6) is 0. The van der Waals surface area contributed by atoms with E-state index < -0.39 is 0 Å². The number of rotatable bonds is 2. The van der Waals surface area contributed by atoms with Gasteiger partial charge < -0.3 is 4.98 Å². The molecule has 4 aromatic rings. The van der Waals surface area contributed by atoms with Gasteiger partial charge in [0.1, 0.15) is 0 Å². The first-order valence-corrected chi connectivity index (χ1v) is 7.23. The molecule has 0 amide bonds. The summed E-state index contributed by atoms with van der Waals surface area (Å²) in [6, 6.07) is 18.3. The summed E-state index contributed by atoms with van der Waals surface area (Å²) < 4.78 is 0.